The predicted octanol–water partition coefficient (Wildman–Crippen LogP) is 1.97. The van der Waals surface area contributed by atoms with Crippen LogP contribution in [0.4, 0.5) is 0 Å². The molecule has 0 aliphatic heterocycles. The van der Waals surface area contributed by atoms with E-state index in [1.54, 1.807) is 6.92 Å². The molecule has 0 aromatic heterocycles. The average Bonchev–Trinajstić information content (AvgIpc) is 2.40. The van der Waals surface area contributed by atoms with Gasteiger partial charge in [0, 0.05) is 19.4 Å². The molecular weight excluding hydrogens is 274 g/mol. The second-order valence-corrected chi connectivity index (χ2v) is 5.38. The lowest BCUT2D eigenvalue weighted by molar-refractivity contribution is -0.144. The number of carbonyl (C=O) groups excluding carboxylic acids is 2. The molecule has 0 heterocycles. The van der Waals surface area contributed by atoms with Gasteiger partial charge in [-0.1, -0.05) is 13.8 Å². The maximum absolute atomic E-state index is 11.6. The monoisotopic (exact) mass is 301 g/mol. The smallest absolute Gasteiger partial charge is 0.306 e. The molecule has 1 unspecified atom stereocenters. The third-order valence-corrected chi connectivity index (χ3v) is 3.37. The standard InChI is InChI=1S/C15H27NO5/c1-4-21-15(20)8-6-13(17)16-10-9-12(11(2)3)5-7-14(18)19/h11-12H,4-10H2,1-3H3,(H,16,17)(H,18,19). The van der Waals surface area contributed by atoms with Crippen molar-refractivity contribution < 1.29 is 24.2 Å². The van der Waals surface area contributed by atoms with Crippen LogP contribution in [-0.4, -0.2) is 36.1 Å². The number of carboxylic acid groups (broad SMARTS) is 1. The minimum atomic E-state index is -0.792. The first-order valence-corrected chi connectivity index (χ1v) is 7.50. The van der Waals surface area contributed by atoms with Crippen LogP contribution in [0.3, 0.4) is 0 Å². The number of aliphatic carboxylic acids is 1. The van der Waals surface area contributed by atoms with Crippen LogP contribution in [0.1, 0.15) is 52.9 Å². The Balaban J connectivity index is 3.89. The molecule has 0 aliphatic rings. The molecule has 0 aliphatic carbocycles. The summed E-state index contributed by atoms with van der Waals surface area (Å²) in [6, 6.07) is 0. The number of ether oxygens (including phenoxy) is 1. The Labute approximate surface area is 126 Å². The van der Waals surface area contributed by atoms with Crippen molar-refractivity contribution >= 4 is 17.8 Å². The minimum Gasteiger partial charge on any atom is -0.481 e. The van der Waals surface area contributed by atoms with Gasteiger partial charge in [-0.05, 0) is 31.6 Å². The Bertz CT molecular complexity index is 341. The maximum atomic E-state index is 11.6. The zero-order valence-electron chi connectivity index (χ0n) is 13.2. The van der Waals surface area contributed by atoms with Crippen molar-refractivity contribution in [2.75, 3.05) is 13.2 Å². The van der Waals surface area contributed by atoms with Gasteiger partial charge in [0.2, 0.25) is 5.91 Å². The van der Waals surface area contributed by atoms with Gasteiger partial charge in [0.1, 0.15) is 0 Å². The second kappa shape index (κ2) is 11.1. The van der Waals surface area contributed by atoms with Gasteiger partial charge in [-0.15, -0.1) is 0 Å². The number of amides is 1. The van der Waals surface area contributed by atoms with E-state index >= 15 is 0 Å². The van der Waals surface area contributed by atoms with Gasteiger partial charge >= 0.3 is 11.9 Å². The quantitative estimate of drug-likeness (QED) is 0.569. The molecule has 21 heavy (non-hydrogen) atoms. The van der Waals surface area contributed by atoms with Crippen LogP contribution in [-0.2, 0) is 19.1 Å². The number of carboxylic acids is 1. The lowest BCUT2D eigenvalue weighted by Crippen LogP contribution is -2.27. The van der Waals surface area contributed by atoms with Gasteiger partial charge in [-0.2, -0.15) is 0 Å². The summed E-state index contributed by atoms with van der Waals surface area (Å²) in [5, 5.41) is 11.5. The van der Waals surface area contributed by atoms with Gasteiger partial charge in [-0.3, -0.25) is 14.4 Å². The lowest BCUT2D eigenvalue weighted by atomic mass is 9.88. The molecule has 0 spiro atoms. The molecule has 0 saturated carbocycles. The fourth-order valence-electron chi connectivity index (χ4n) is 2.05. The van der Waals surface area contributed by atoms with Crippen molar-refractivity contribution in [3.8, 4) is 0 Å². The molecule has 0 bridgehead atoms. The Hall–Kier alpha value is -1.59. The fraction of sp³-hybridized carbons (Fsp3) is 0.800. The van der Waals surface area contributed by atoms with E-state index in [9.17, 15) is 14.4 Å². The summed E-state index contributed by atoms with van der Waals surface area (Å²) in [5.41, 5.74) is 0. The van der Waals surface area contributed by atoms with Gasteiger partial charge in [0.25, 0.3) is 0 Å². The second-order valence-electron chi connectivity index (χ2n) is 5.38. The molecule has 6 nitrogen and oxygen atoms in total. The minimum absolute atomic E-state index is 0.0896. The number of nitrogens with one attached hydrogen (secondary N) is 1. The van der Waals surface area contributed by atoms with Crippen molar-refractivity contribution in [2.24, 2.45) is 11.8 Å². The summed E-state index contributed by atoms with van der Waals surface area (Å²) >= 11 is 0. The summed E-state index contributed by atoms with van der Waals surface area (Å²) in [6.07, 6.45) is 1.73. The highest BCUT2D eigenvalue weighted by Crippen LogP contribution is 2.20. The van der Waals surface area contributed by atoms with E-state index in [0.29, 0.717) is 25.5 Å². The van der Waals surface area contributed by atoms with E-state index < -0.39 is 5.97 Å². The van der Waals surface area contributed by atoms with Crippen LogP contribution < -0.4 is 5.32 Å². The van der Waals surface area contributed by atoms with Crippen LogP contribution >= 0.6 is 0 Å². The van der Waals surface area contributed by atoms with Crippen LogP contribution in [0.25, 0.3) is 0 Å². The Morgan fingerprint density at radius 3 is 2.29 bits per heavy atom. The van der Waals surface area contributed by atoms with Gasteiger partial charge < -0.3 is 15.2 Å². The van der Waals surface area contributed by atoms with Crippen molar-refractivity contribution in [3.63, 3.8) is 0 Å². The van der Waals surface area contributed by atoms with Gasteiger partial charge in [-0.25, -0.2) is 0 Å². The number of hydrogen-bond donors (Lipinski definition) is 2. The first-order chi connectivity index (χ1) is 9.86. The highest BCUT2D eigenvalue weighted by Gasteiger charge is 2.15. The van der Waals surface area contributed by atoms with Crippen LogP contribution in [0.15, 0.2) is 0 Å². The maximum Gasteiger partial charge on any atom is 0.306 e. The zero-order valence-corrected chi connectivity index (χ0v) is 13.2. The molecule has 0 fully saturated rings. The van der Waals surface area contributed by atoms with Crippen molar-refractivity contribution in [1.29, 1.82) is 0 Å². The van der Waals surface area contributed by atoms with Crippen LogP contribution in [0.5, 0.6) is 0 Å². The number of hydrogen-bond acceptors (Lipinski definition) is 4. The third-order valence-electron chi connectivity index (χ3n) is 3.37. The molecule has 2 N–H and O–H groups in total. The SMILES string of the molecule is CCOC(=O)CCC(=O)NCCC(CCC(=O)O)C(C)C. The van der Waals surface area contributed by atoms with E-state index in [2.05, 4.69) is 19.2 Å². The zero-order chi connectivity index (χ0) is 16.3. The largest absolute Gasteiger partial charge is 0.481 e. The molecule has 6 heteroatoms. The first kappa shape index (κ1) is 19.4. The van der Waals surface area contributed by atoms with Crippen molar-refractivity contribution in [1.82, 2.24) is 5.32 Å². The Kier molecular flexibility index (Phi) is 10.3. The first-order valence-electron chi connectivity index (χ1n) is 7.50. The van der Waals surface area contributed by atoms with Crippen LogP contribution in [0.2, 0.25) is 0 Å². The van der Waals surface area contributed by atoms with E-state index in [1.165, 1.54) is 0 Å². The van der Waals surface area contributed by atoms with Crippen molar-refractivity contribution in [2.45, 2.75) is 52.9 Å². The highest BCUT2D eigenvalue weighted by molar-refractivity contribution is 5.81. The summed E-state index contributed by atoms with van der Waals surface area (Å²) < 4.78 is 4.75. The summed E-state index contributed by atoms with van der Waals surface area (Å²) in [7, 11) is 0. The molecule has 0 aromatic carbocycles. The van der Waals surface area contributed by atoms with E-state index in [1.807, 2.05) is 0 Å². The van der Waals surface area contributed by atoms with Gasteiger partial charge in [0.05, 0.1) is 13.0 Å². The summed E-state index contributed by atoms with van der Waals surface area (Å²) in [5.74, 6) is -0.690. The third kappa shape index (κ3) is 10.8. The van der Waals surface area contributed by atoms with Crippen molar-refractivity contribution in [3.05, 3.63) is 0 Å². The molecule has 0 radical (unpaired) electrons. The number of carbonyl (C=O) groups is 3. The highest BCUT2D eigenvalue weighted by atomic mass is 16.5. The normalized spacial score (nSPS) is 12.0. The Morgan fingerprint density at radius 2 is 1.76 bits per heavy atom. The average molecular weight is 301 g/mol. The molecular formula is C15H27NO5. The summed E-state index contributed by atoms with van der Waals surface area (Å²) in [6.45, 7) is 6.65. The molecule has 1 atom stereocenters. The summed E-state index contributed by atoms with van der Waals surface area (Å²) in [4.78, 5) is 33.3. The van der Waals surface area contributed by atoms with E-state index in [0.717, 1.165) is 6.42 Å². The number of esters is 1. The lowest BCUT2D eigenvalue weighted by Gasteiger charge is -2.20. The molecule has 0 saturated heterocycles. The predicted molar refractivity (Wildman–Crippen MR) is 78.7 cm³/mol. The fourth-order valence-corrected chi connectivity index (χ4v) is 2.05. The molecule has 1 amide bonds. The number of rotatable bonds is 11. The topological polar surface area (TPSA) is 92.7 Å². The molecule has 0 rings (SSSR count). The molecule has 0 aromatic rings. The van der Waals surface area contributed by atoms with E-state index in [-0.39, 0.29) is 37.1 Å². The molecule has 122 valence electrons. The van der Waals surface area contributed by atoms with Crippen LogP contribution in [0, 0.1) is 11.8 Å². The van der Waals surface area contributed by atoms with E-state index in [4.69, 9.17) is 9.84 Å². The Morgan fingerprint density at radius 1 is 1.10 bits per heavy atom. The van der Waals surface area contributed by atoms with Gasteiger partial charge in [0.15, 0.2) is 0 Å².